The highest BCUT2D eigenvalue weighted by molar-refractivity contribution is 6.16. The van der Waals surface area contributed by atoms with Crippen LogP contribution in [0.2, 0.25) is 0 Å². The SMILES string of the molecule is CC(Cn1c(CCl)nc2c(C#N)cccc21)N(C)C1CC1. The fourth-order valence-electron chi connectivity index (χ4n) is 2.83. The van der Waals surface area contributed by atoms with Crippen LogP contribution in [0.5, 0.6) is 0 Å². The second kappa shape index (κ2) is 5.67. The van der Waals surface area contributed by atoms with Gasteiger partial charge in [0.25, 0.3) is 0 Å². The molecule has 0 N–H and O–H groups in total. The topological polar surface area (TPSA) is 44.9 Å². The van der Waals surface area contributed by atoms with E-state index in [4.69, 9.17) is 11.6 Å². The van der Waals surface area contributed by atoms with E-state index in [-0.39, 0.29) is 0 Å². The number of aromatic nitrogens is 2. The standard InChI is InChI=1S/C16H19ClN4/c1-11(20(2)13-6-7-13)10-21-14-5-3-4-12(9-18)16(14)19-15(21)8-17/h3-5,11,13H,6-8,10H2,1-2H3. The predicted molar refractivity (Wildman–Crippen MR) is 84.3 cm³/mol. The Morgan fingerprint density at radius 3 is 2.90 bits per heavy atom. The molecule has 0 radical (unpaired) electrons. The number of hydrogen-bond acceptors (Lipinski definition) is 3. The van der Waals surface area contributed by atoms with Crippen molar-refractivity contribution in [2.45, 2.75) is 44.3 Å². The van der Waals surface area contributed by atoms with Gasteiger partial charge in [0, 0.05) is 18.6 Å². The van der Waals surface area contributed by atoms with Crippen molar-refractivity contribution < 1.29 is 0 Å². The molecular weight excluding hydrogens is 284 g/mol. The first-order valence-corrected chi connectivity index (χ1v) is 7.85. The summed E-state index contributed by atoms with van der Waals surface area (Å²) in [5.41, 5.74) is 2.37. The molecule has 0 spiro atoms. The largest absolute Gasteiger partial charge is 0.325 e. The number of fused-ring (bicyclic) bond motifs is 1. The molecule has 1 unspecified atom stereocenters. The lowest BCUT2D eigenvalue weighted by Crippen LogP contribution is -2.34. The zero-order valence-corrected chi connectivity index (χ0v) is 13.1. The van der Waals surface area contributed by atoms with Gasteiger partial charge in [0.15, 0.2) is 0 Å². The van der Waals surface area contributed by atoms with Gasteiger partial charge in [0.05, 0.1) is 17.0 Å². The molecule has 1 heterocycles. The quantitative estimate of drug-likeness (QED) is 0.797. The van der Waals surface area contributed by atoms with Crippen LogP contribution in [0.25, 0.3) is 11.0 Å². The molecule has 1 aliphatic rings. The number of rotatable bonds is 5. The number of nitrogens with zero attached hydrogens (tertiary/aromatic N) is 4. The highest BCUT2D eigenvalue weighted by Gasteiger charge is 2.29. The van der Waals surface area contributed by atoms with E-state index in [1.54, 1.807) is 6.07 Å². The number of nitriles is 1. The number of hydrogen-bond donors (Lipinski definition) is 0. The van der Waals surface area contributed by atoms with Crippen LogP contribution in [0.4, 0.5) is 0 Å². The van der Waals surface area contributed by atoms with Gasteiger partial charge in [-0.25, -0.2) is 4.98 Å². The summed E-state index contributed by atoms with van der Waals surface area (Å²) in [5.74, 6) is 1.20. The molecule has 1 aromatic carbocycles. The first-order valence-electron chi connectivity index (χ1n) is 7.31. The summed E-state index contributed by atoms with van der Waals surface area (Å²) in [5, 5.41) is 9.22. The Labute approximate surface area is 129 Å². The molecule has 0 bridgehead atoms. The molecule has 1 fully saturated rings. The minimum absolute atomic E-state index is 0.361. The molecule has 5 heteroatoms. The Bertz CT molecular complexity index is 696. The van der Waals surface area contributed by atoms with E-state index in [9.17, 15) is 5.26 Å². The zero-order chi connectivity index (χ0) is 15.0. The third kappa shape index (κ3) is 2.64. The summed E-state index contributed by atoms with van der Waals surface area (Å²) in [6, 6.07) is 9.08. The highest BCUT2D eigenvalue weighted by Crippen LogP contribution is 2.28. The Morgan fingerprint density at radius 1 is 1.52 bits per heavy atom. The van der Waals surface area contributed by atoms with Crippen LogP contribution in [-0.2, 0) is 12.4 Å². The molecule has 3 rings (SSSR count). The van der Waals surface area contributed by atoms with Gasteiger partial charge in [-0.3, -0.25) is 4.90 Å². The molecule has 2 aromatic rings. The maximum Gasteiger partial charge on any atom is 0.124 e. The van der Waals surface area contributed by atoms with Gasteiger partial charge in [-0.2, -0.15) is 5.26 Å². The molecule has 0 saturated heterocycles. The number of alkyl halides is 1. The molecule has 0 amide bonds. The summed E-state index contributed by atoms with van der Waals surface area (Å²) in [6.07, 6.45) is 2.60. The Morgan fingerprint density at radius 2 is 2.29 bits per heavy atom. The van der Waals surface area contributed by atoms with Crippen LogP contribution in [0.1, 0.15) is 31.2 Å². The molecule has 1 aromatic heterocycles. The molecular formula is C16H19ClN4. The lowest BCUT2D eigenvalue weighted by molar-refractivity contribution is 0.226. The van der Waals surface area contributed by atoms with Crippen LogP contribution in [0, 0.1) is 11.3 Å². The molecule has 1 aliphatic carbocycles. The first-order chi connectivity index (χ1) is 10.2. The Kier molecular flexibility index (Phi) is 3.88. The van der Waals surface area contributed by atoms with Crippen molar-refractivity contribution in [1.29, 1.82) is 5.26 Å². The summed E-state index contributed by atoms with van der Waals surface area (Å²) in [4.78, 5) is 6.99. The molecule has 4 nitrogen and oxygen atoms in total. The molecule has 110 valence electrons. The maximum atomic E-state index is 9.22. The number of para-hydroxylation sites is 1. The molecule has 0 aliphatic heterocycles. The van der Waals surface area contributed by atoms with Gasteiger partial charge in [-0.05, 0) is 38.9 Å². The predicted octanol–water partition coefficient (Wildman–Crippen LogP) is 3.13. The van der Waals surface area contributed by atoms with Crippen LogP contribution >= 0.6 is 11.6 Å². The van der Waals surface area contributed by atoms with Gasteiger partial charge in [-0.1, -0.05) is 6.07 Å². The van der Waals surface area contributed by atoms with Gasteiger partial charge >= 0.3 is 0 Å². The van der Waals surface area contributed by atoms with Gasteiger partial charge in [0.2, 0.25) is 0 Å². The van der Waals surface area contributed by atoms with E-state index in [2.05, 4.69) is 34.5 Å². The summed E-state index contributed by atoms with van der Waals surface area (Å²) >= 11 is 6.06. The Hall–Kier alpha value is -1.57. The van der Waals surface area contributed by atoms with E-state index in [1.165, 1.54) is 12.8 Å². The molecule has 1 saturated carbocycles. The maximum absolute atomic E-state index is 9.22. The Balaban J connectivity index is 1.98. The van der Waals surface area contributed by atoms with E-state index < -0.39 is 0 Å². The normalized spacial score (nSPS) is 16.3. The minimum atomic E-state index is 0.361. The van der Waals surface area contributed by atoms with E-state index in [0.717, 1.165) is 29.4 Å². The van der Waals surface area contributed by atoms with Crippen molar-refractivity contribution in [1.82, 2.24) is 14.5 Å². The number of halogens is 1. The van der Waals surface area contributed by atoms with Crippen LogP contribution in [0.3, 0.4) is 0 Å². The lowest BCUT2D eigenvalue weighted by atomic mass is 10.2. The average molecular weight is 303 g/mol. The van der Waals surface area contributed by atoms with E-state index in [1.807, 2.05) is 12.1 Å². The number of benzene rings is 1. The summed E-state index contributed by atoms with van der Waals surface area (Å²) in [7, 11) is 2.18. The fraction of sp³-hybridized carbons (Fsp3) is 0.500. The third-order valence-corrected chi connectivity index (χ3v) is 4.60. The van der Waals surface area contributed by atoms with Crippen molar-refractivity contribution in [3.63, 3.8) is 0 Å². The monoisotopic (exact) mass is 302 g/mol. The first kappa shape index (κ1) is 14.4. The van der Waals surface area contributed by atoms with Crippen molar-refractivity contribution >= 4 is 22.6 Å². The van der Waals surface area contributed by atoms with Crippen molar-refractivity contribution in [2.24, 2.45) is 0 Å². The summed E-state index contributed by atoms with van der Waals surface area (Å²) < 4.78 is 2.16. The van der Waals surface area contributed by atoms with Crippen molar-refractivity contribution in [2.75, 3.05) is 7.05 Å². The number of likely N-dealkylation sites (N-methyl/N-ethyl adjacent to an activating group) is 1. The van der Waals surface area contributed by atoms with Crippen LogP contribution < -0.4 is 0 Å². The molecule has 21 heavy (non-hydrogen) atoms. The molecule has 1 atom stereocenters. The third-order valence-electron chi connectivity index (χ3n) is 4.36. The lowest BCUT2D eigenvalue weighted by Gasteiger charge is -2.25. The highest BCUT2D eigenvalue weighted by atomic mass is 35.5. The van der Waals surface area contributed by atoms with Gasteiger partial charge in [-0.15, -0.1) is 11.6 Å². The smallest absolute Gasteiger partial charge is 0.124 e. The second-order valence-electron chi connectivity index (χ2n) is 5.80. The van der Waals surface area contributed by atoms with Crippen LogP contribution in [0.15, 0.2) is 18.2 Å². The minimum Gasteiger partial charge on any atom is -0.325 e. The fourth-order valence-corrected chi connectivity index (χ4v) is 3.03. The van der Waals surface area contributed by atoms with Gasteiger partial charge < -0.3 is 4.57 Å². The van der Waals surface area contributed by atoms with Crippen LogP contribution in [-0.4, -0.2) is 33.6 Å². The van der Waals surface area contributed by atoms with Crippen molar-refractivity contribution in [3.8, 4) is 6.07 Å². The average Bonchev–Trinajstić information content (AvgIpc) is 3.29. The number of imidazole rings is 1. The van der Waals surface area contributed by atoms with Gasteiger partial charge in [0.1, 0.15) is 17.4 Å². The zero-order valence-electron chi connectivity index (χ0n) is 12.4. The van der Waals surface area contributed by atoms with E-state index >= 15 is 0 Å². The van der Waals surface area contributed by atoms with E-state index in [0.29, 0.717) is 17.5 Å². The second-order valence-corrected chi connectivity index (χ2v) is 6.07. The van der Waals surface area contributed by atoms with Crippen molar-refractivity contribution in [3.05, 3.63) is 29.6 Å². The summed E-state index contributed by atoms with van der Waals surface area (Å²) in [6.45, 7) is 3.08.